The summed E-state index contributed by atoms with van der Waals surface area (Å²) in [7, 11) is 0. The zero-order chi connectivity index (χ0) is 23.2. The topological polar surface area (TPSA) is 122 Å². The molecule has 1 atom stereocenters. The van der Waals surface area contributed by atoms with Crippen LogP contribution >= 0.6 is 0 Å². The van der Waals surface area contributed by atoms with Crippen molar-refractivity contribution in [2.24, 2.45) is 0 Å². The molecule has 0 saturated heterocycles. The van der Waals surface area contributed by atoms with E-state index in [9.17, 15) is 4.79 Å². The molecule has 34 heavy (non-hydrogen) atoms. The molecule has 10 heteroatoms. The maximum absolute atomic E-state index is 13.6. The summed E-state index contributed by atoms with van der Waals surface area (Å²) in [5.41, 5.74) is 4.59. The van der Waals surface area contributed by atoms with Crippen molar-refractivity contribution in [3.8, 4) is 16.8 Å². The van der Waals surface area contributed by atoms with Crippen LogP contribution in [-0.4, -0.2) is 39.3 Å². The number of aromatic nitrogens is 8. The lowest BCUT2D eigenvalue weighted by molar-refractivity contribution is 0.673. The van der Waals surface area contributed by atoms with Crippen molar-refractivity contribution in [3.05, 3.63) is 89.3 Å². The zero-order valence-corrected chi connectivity index (χ0v) is 18.5. The normalized spacial score (nSPS) is 12.4. The first-order chi connectivity index (χ1) is 16.6. The highest BCUT2D eigenvalue weighted by Gasteiger charge is 2.22. The van der Waals surface area contributed by atoms with Crippen LogP contribution in [0.2, 0.25) is 0 Å². The van der Waals surface area contributed by atoms with Gasteiger partial charge in [-0.25, -0.2) is 14.5 Å². The predicted octanol–water partition coefficient (Wildman–Crippen LogP) is 3.63. The van der Waals surface area contributed by atoms with E-state index in [1.165, 1.54) is 6.33 Å². The van der Waals surface area contributed by atoms with Gasteiger partial charge in [-0.15, -0.1) is 0 Å². The van der Waals surface area contributed by atoms with Crippen LogP contribution in [0.5, 0.6) is 0 Å². The van der Waals surface area contributed by atoms with Gasteiger partial charge in [-0.3, -0.25) is 14.5 Å². The molecule has 5 heterocycles. The fourth-order valence-electron chi connectivity index (χ4n) is 4.31. The van der Waals surface area contributed by atoms with Crippen molar-refractivity contribution >= 4 is 22.4 Å². The van der Waals surface area contributed by atoms with E-state index in [1.807, 2.05) is 68.8 Å². The highest BCUT2D eigenvalue weighted by atomic mass is 16.1. The zero-order valence-electron chi connectivity index (χ0n) is 18.5. The lowest BCUT2D eigenvalue weighted by atomic mass is 10.1. The molecule has 0 amide bonds. The highest BCUT2D eigenvalue weighted by Crippen LogP contribution is 2.32. The van der Waals surface area contributed by atoms with E-state index < -0.39 is 0 Å². The molecule has 1 aromatic carbocycles. The van der Waals surface area contributed by atoms with E-state index in [-0.39, 0.29) is 11.6 Å². The second-order valence-corrected chi connectivity index (χ2v) is 8.13. The molecule has 168 valence electrons. The lowest BCUT2D eigenvalue weighted by Crippen LogP contribution is -2.29. The third kappa shape index (κ3) is 3.07. The van der Waals surface area contributed by atoms with Crippen molar-refractivity contribution in [2.75, 3.05) is 5.32 Å². The molecule has 0 saturated carbocycles. The summed E-state index contributed by atoms with van der Waals surface area (Å²) in [6, 6.07) is 11.1. The molecule has 0 bridgehead atoms. The lowest BCUT2D eigenvalue weighted by Gasteiger charge is -2.20. The van der Waals surface area contributed by atoms with E-state index in [0.717, 1.165) is 27.8 Å². The SMILES string of the molecule is Cc1ccn2nc([C@H](C)Nc3ncnc4[nH]cc(-c5cn[nH]c5)c34)n(-c3ccccc3)c(=O)c12. The summed E-state index contributed by atoms with van der Waals surface area (Å²) in [6.07, 6.45) is 8.76. The average Bonchev–Trinajstić information content (AvgIpc) is 3.60. The molecule has 0 aliphatic heterocycles. The predicted molar refractivity (Wildman–Crippen MR) is 129 cm³/mol. The first-order valence-corrected chi connectivity index (χ1v) is 10.9. The molecule has 0 aliphatic rings. The van der Waals surface area contributed by atoms with E-state index in [1.54, 1.807) is 15.3 Å². The molecule has 6 rings (SSSR count). The molecule has 5 aromatic heterocycles. The second kappa shape index (κ2) is 7.69. The largest absolute Gasteiger partial charge is 0.360 e. The van der Waals surface area contributed by atoms with Crippen molar-refractivity contribution in [1.82, 2.24) is 39.3 Å². The Morgan fingerprint density at radius 1 is 1.09 bits per heavy atom. The number of anilines is 1. The molecular weight excluding hydrogens is 430 g/mol. The second-order valence-electron chi connectivity index (χ2n) is 8.13. The van der Waals surface area contributed by atoms with Crippen molar-refractivity contribution in [2.45, 2.75) is 19.9 Å². The van der Waals surface area contributed by atoms with Gasteiger partial charge < -0.3 is 10.3 Å². The molecule has 3 N–H and O–H groups in total. The molecule has 0 unspecified atom stereocenters. The Hall–Kier alpha value is -4.73. The molecule has 0 radical (unpaired) electrons. The quantitative estimate of drug-likeness (QED) is 0.368. The Labute approximate surface area is 193 Å². The van der Waals surface area contributed by atoms with Gasteiger partial charge in [-0.2, -0.15) is 10.2 Å². The van der Waals surface area contributed by atoms with Crippen LogP contribution in [0.3, 0.4) is 0 Å². The number of aryl methyl sites for hydroxylation is 1. The van der Waals surface area contributed by atoms with Crippen LogP contribution in [0, 0.1) is 6.92 Å². The van der Waals surface area contributed by atoms with Gasteiger partial charge in [0.2, 0.25) is 0 Å². The number of para-hydroxylation sites is 1. The molecule has 0 aliphatic carbocycles. The third-order valence-corrected chi connectivity index (χ3v) is 5.95. The summed E-state index contributed by atoms with van der Waals surface area (Å²) in [6.45, 7) is 3.87. The van der Waals surface area contributed by atoms with Crippen molar-refractivity contribution in [3.63, 3.8) is 0 Å². The van der Waals surface area contributed by atoms with Crippen molar-refractivity contribution in [1.29, 1.82) is 0 Å². The minimum Gasteiger partial charge on any atom is -0.360 e. The molecule has 0 fully saturated rings. The molecule has 0 spiro atoms. The Balaban J connectivity index is 1.51. The number of rotatable bonds is 5. The molecule has 6 aromatic rings. The minimum atomic E-state index is -0.356. The first kappa shape index (κ1) is 19.9. The Bertz CT molecular complexity index is 1680. The fraction of sp³-hybridized carbons (Fsp3) is 0.125. The highest BCUT2D eigenvalue weighted by molar-refractivity contribution is 6.00. The van der Waals surface area contributed by atoms with Gasteiger partial charge in [0, 0.05) is 29.7 Å². The summed E-state index contributed by atoms with van der Waals surface area (Å²) < 4.78 is 3.31. The first-order valence-electron chi connectivity index (χ1n) is 10.9. The summed E-state index contributed by atoms with van der Waals surface area (Å²) >= 11 is 0. The van der Waals surface area contributed by atoms with Crippen molar-refractivity contribution < 1.29 is 0 Å². The van der Waals surface area contributed by atoms with Gasteiger partial charge >= 0.3 is 0 Å². The van der Waals surface area contributed by atoms with Crippen LogP contribution in [0.25, 0.3) is 33.4 Å². The number of hydrogen-bond donors (Lipinski definition) is 3. The van der Waals surface area contributed by atoms with Crippen LogP contribution < -0.4 is 10.9 Å². The standard InChI is InChI=1S/C24H21N9O/c1-14-8-9-32-20(14)24(34)33(17-6-4-3-5-7-17)23(31-32)15(2)30-22-19-18(16-10-28-29-11-16)12-25-21(19)26-13-27-22/h3-13,15H,1-2H3,(H,28,29)(H2,25,26,27,30)/t15-/m0/s1. The van der Waals surface area contributed by atoms with Crippen LogP contribution in [0.15, 0.2) is 72.3 Å². The number of H-pyrrole nitrogens is 2. The number of nitrogens with zero attached hydrogens (tertiary/aromatic N) is 6. The van der Waals surface area contributed by atoms with Crippen LogP contribution in [0.1, 0.15) is 24.4 Å². The number of nitrogens with one attached hydrogen (secondary N) is 3. The third-order valence-electron chi connectivity index (χ3n) is 5.95. The van der Waals surface area contributed by atoms with E-state index in [2.05, 4.69) is 30.5 Å². The summed E-state index contributed by atoms with van der Waals surface area (Å²) in [4.78, 5) is 25.7. The molecular formula is C24H21N9O. The summed E-state index contributed by atoms with van der Waals surface area (Å²) in [5, 5.41) is 16.0. The number of benzene rings is 1. The number of hydrogen-bond acceptors (Lipinski definition) is 6. The van der Waals surface area contributed by atoms with E-state index in [0.29, 0.717) is 22.8 Å². The summed E-state index contributed by atoms with van der Waals surface area (Å²) in [5.74, 6) is 1.19. The fourth-order valence-corrected chi connectivity index (χ4v) is 4.31. The monoisotopic (exact) mass is 451 g/mol. The van der Waals surface area contributed by atoms with E-state index >= 15 is 0 Å². The molecule has 10 nitrogen and oxygen atoms in total. The van der Waals surface area contributed by atoms with Gasteiger partial charge in [-0.05, 0) is 37.6 Å². The Kier molecular flexibility index (Phi) is 4.51. The maximum Gasteiger partial charge on any atom is 0.282 e. The van der Waals surface area contributed by atoms with Gasteiger partial charge in [0.05, 0.1) is 23.3 Å². The Morgan fingerprint density at radius 2 is 1.94 bits per heavy atom. The van der Waals surface area contributed by atoms with Crippen LogP contribution in [-0.2, 0) is 0 Å². The number of fused-ring (bicyclic) bond motifs is 2. The number of aromatic amines is 2. The Morgan fingerprint density at radius 3 is 2.74 bits per heavy atom. The smallest absolute Gasteiger partial charge is 0.282 e. The van der Waals surface area contributed by atoms with Gasteiger partial charge in [0.15, 0.2) is 5.82 Å². The van der Waals surface area contributed by atoms with Crippen LogP contribution in [0.4, 0.5) is 5.82 Å². The van der Waals surface area contributed by atoms with E-state index in [4.69, 9.17) is 5.10 Å². The maximum atomic E-state index is 13.6. The minimum absolute atomic E-state index is 0.124. The van der Waals surface area contributed by atoms with Gasteiger partial charge in [0.25, 0.3) is 5.56 Å². The van der Waals surface area contributed by atoms with Gasteiger partial charge in [-0.1, -0.05) is 18.2 Å². The van der Waals surface area contributed by atoms with Gasteiger partial charge in [0.1, 0.15) is 23.3 Å². The average molecular weight is 451 g/mol.